The summed E-state index contributed by atoms with van der Waals surface area (Å²) in [5.41, 5.74) is 1.76. The number of halogens is 1. The molecule has 0 aliphatic rings. The van der Waals surface area contributed by atoms with E-state index >= 15 is 0 Å². The molecule has 0 heterocycles. The van der Waals surface area contributed by atoms with Gasteiger partial charge in [-0.15, -0.1) is 0 Å². The molecule has 3 aromatic carbocycles. The van der Waals surface area contributed by atoms with Gasteiger partial charge in [0, 0.05) is 17.8 Å². The largest absolute Gasteiger partial charge is 0.481 e. The molecule has 3 rings (SSSR count). The Morgan fingerprint density at radius 2 is 1.69 bits per heavy atom. The number of benzene rings is 3. The lowest BCUT2D eigenvalue weighted by atomic mass is 10.1. The van der Waals surface area contributed by atoms with E-state index in [9.17, 15) is 14.0 Å². The van der Waals surface area contributed by atoms with Crippen LogP contribution in [0.1, 0.15) is 22.8 Å². The molecule has 0 aliphatic carbocycles. The maximum atomic E-state index is 13.0. The van der Waals surface area contributed by atoms with E-state index in [0.29, 0.717) is 23.5 Å². The third-order valence-corrected chi connectivity index (χ3v) is 4.18. The molecule has 29 heavy (non-hydrogen) atoms. The van der Waals surface area contributed by atoms with E-state index in [1.807, 2.05) is 24.3 Å². The lowest BCUT2D eigenvalue weighted by Gasteiger charge is -2.15. The van der Waals surface area contributed by atoms with Crippen LogP contribution in [-0.2, 0) is 11.3 Å². The fraction of sp³-hybridized carbons (Fsp3) is 0.130. The number of amides is 2. The van der Waals surface area contributed by atoms with Crippen LogP contribution in [0.15, 0.2) is 78.9 Å². The molecular formula is C23H21FN2O3. The molecular weight excluding hydrogens is 371 g/mol. The van der Waals surface area contributed by atoms with E-state index in [-0.39, 0.29) is 11.8 Å². The van der Waals surface area contributed by atoms with Crippen LogP contribution in [0.25, 0.3) is 0 Å². The smallest absolute Gasteiger partial charge is 0.261 e. The Kier molecular flexibility index (Phi) is 6.58. The van der Waals surface area contributed by atoms with Crippen molar-refractivity contribution in [2.24, 2.45) is 0 Å². The Labute approximate surface area is 168 Å². The van der Waals surface area contributed by atoms with Crippen molar-refractivity contribution in [2.45, 2.75) is 19.6 Å². The molecule has 1 atom stereocenters. The van der Waals surface area contributed by atoms with Gasteiger partial charge in [0.1, 0.15) is 11.6 Å². The van der Waals surface area contributed by atoms with Crippen LogP contribution >= 0.6 is 0 Å². The average Bonchev–Trinajstić information content (AvgIpc) is 2.73. The predicted molar refractivity (Wildman–Crippen MR) is 109 cm³/mol. The maximum absolute atomic E-state index is 13.0. The van der Waals surface area contributed by atoms with Gasteiger partial charge in [-0.25, -0.2) is 4.39 Å². The Morgan fingerprint density at radius 1 is 0.966 bits per heavy atom. The second kappa shape index (κ2) is 9.50. The van der Waals surface area contributed by atoms with Crippen molar-refractivity contribution < 1.29 is 18.7 Å². The Bertz CT molecular complexity index is 975. The van der Waals surface area contributed by atoms with Gasteiger partial charge in [0.05, 0.1) is 0 Å². The number of ether oxygens (including phenoxy) is 1. The first kappa shape index (κ1) is 20.1. The van der Waals surface area contributed by atoms with Gasteiger partial charge in [0.25, 0.3) is 11.8 Å². The van der Waals surface area contributed by atoms with E-state index in [4.69, 9.17) is 4.74 Å². The number of rotatable bonds is 7. The Morgan fingerprint density at radius 3 is 2.41 bits per heavy atom. The number of hydrogen-bond donors (Lipinski definition) is 2. The molecule has 5 nitrogen and oxygen atoms in total. The highest BCUT2D eigenvalue weighted by Crippen LogP contribution is 2.14. The maximum Gasteiger partial charge on any atom is 0.261 e. The minimum Gasteiger partial charge on any atom is -0.481 e. The Hall–Kier alpha value is -3.67. The monoisotopic (exact) mass is 392 g/mol. The molecule has 0 fully saturated rings. The first-order valence-corrected chi connectivity index (χ1v) is 9.16. The summed E-state index contributed by atoms with van der Waals surface area (Å²) < 4.78 is 18.6. The summed E-state index contributed by atoms with van der Waals surface area (Å²) >= 11 is 0. The predicted octanol–water partition coefficient (Wildman–Crippen LogP) is 4.16. The van der Waals surface area contributed by atoms with E-state index in [2.05, 4.69) is 10.6 Å². The van der Waals surface area contributed by atoms with Gasteiger partial charge >= 0.3 is 0 Å². The topological polar surface area (TPSA) is 67.4 Å². The first-order valence-electron chi connectivity index (χ1n) is 9.16. The minimum absolute atomic E-state index is 0.241. The molecule has 3 aromatic rings. The zero-order valence-electron chi connectivity index (χ0n) is 15.9. The van der Waals surface area contributed by atoms with E-state index in [1.165, 1.54) is 24.3 Å². The van der Waals surface area contributed by atoms with Crippen LogP contribution in [0.4, 0.5) is 10.1 Å². The molecule has 148 valence electrons. The van der Waals surface area contributed by atoms with Crippen molar-refractivity contribution in [3.05, 3.63) is 95.8 Å². The van der Waals surface area contributed by atoms with E-state index in [1.54, 1.807) is 37.3 Å². The number of carbonyl (C=O) groups is 2. The highest BCUT2D eigenvalue weighted by atomic mass is 19.1. The second-order valence-electron chi connectivity index (χ2n) is 6.45. The molecule has 0 spiro atoms. The molecule has 0 radical (unpaired) electrons. The number of hydrogen-bond acceptors (Lipinski definition) is 3. The average molecular weight is 392 g/mol. The molecule has 0 aliphatic heterocycles. The van der Waals surface area contributed by atoms with Crippen molar-refractivity contribution in [3.63, 3.8) is 0 Å². The highest BCUT2D eigenvalue weighted by Gasteiger charge is 2.14. The number of anilines is 1. The fourth-order valence-electron chi connectivity index (χ4n) is 2.65. The fourth-order valence-corrected chi connectivity index (χ4v) is 2.65. The summed E-state index contributed by atoms with van der Waals surface area (Å²) in [5, 5.41) is 5.58. The van der Waals surface area contributed by atoms with Gasteiger partial charge in [0.2, 0.25) is 0 Å². The third-order valence-electron chi connectivity index (χ3n) is 4.18. The van der Waals surface area contributed by atoms with Crippen LogP contribution in [-0.4, -0.2) is 17.9 Å². The van der Waals surface area contributed by atoms with Gasteiger partial charge in [0.15, 0.2) is 6.10 Å². The molecule has 2 N–H and O–H groups in total. The van der Waals surface area contributed by atoms with E-state index < -0.39 is 11.9 Å². The van der Waals surface area contributed by atoms with Crippen molar-refractivity contribution >= 4 is 17.5 Å². The summed E-state index contributed by atoms with van der Waals surface area (Å²) in [5.74, 6) is -0.351. The molecule has 1 unspecified atom stereocenters. The molecule has 0 saturated carbocycles. The third kappa shape index (κ3) is 5.90. The standard InChI is InChI=1S/C23H21FN2O3/c1-16(29-21-8-3-2-4-9-21)22(27)25-15-17-6-5-7-20(14-17)26-23(28)18-10-12-19(24)13-11-18/h2-14,16H,15H2,1H3,(H,25,27)(H,26,28). The number of para-hydroxylation sites is 1. The van der Waals surface area contributed by atoms with Gasteiger partial charge in [-0.3, -0.25) is 9.59 Å². The summed E-state index contributed by atoms with van der Waals surface area (Å²) in [6, 6.07) is 21.6. The quantitative estimate of drug-likeness (QED) is 0.634. The lowest BCUT2D eigenvalue weighted by Crippen LogP contribution is -2.35. The van der Waals surface area contributed by atoms with Crippen LogP contribution in [0.3, 0.4) is 0 Å². The van der Waals surface area contributed by atoms with Crippen molar-refractivity contribution in [1.29, 1.82) is 0 Å². The molecule has 0 saturated heterocycles. The first-order chi connectivity index (χ1) is 14.0. The van der Waals surface area contributed by atoms with Crippen LogP contribution in [0.5, 0.6) is 5.75 Å². The zero-order chi connectivity index (χ0) is 20.6. The van der Waals surface area contributed by atoms with Gasteiger partial charge in [-0.2, -0.15) is 0 Å². The molecule has 2 amide bonds. The lowest BCUT2D eigenvalue weighted by molar-refractivity contribution is -0.127. The van der Waals surface area contributed by atoms with Crippen molar-refractivity contribution in [3.8, 4) is 5.75 Å². The zero-order valence-corrected chi connectivity index (χ0v) is 15.9. The van der Waals surface area contributed by atoms with Gasteiger partial charge in [-0.05, 0) is 61.0 Å². The molecule has 0 bridgehead atoms. The van der Waals surface area contributed by atoms with Crippen LogP contribution in [0, 0.1) is 5.82 Å². The summed E-state index contributed by atoms with van der Waals surface area (Å²) in [6.07, 6.45) is -0.640. The Balaban J connectivity index is 1.54. The highest BCUT2D eigenvalue weighted by molar-refractivity contribution is 6.04. The van der Waals surface area contributed by atoms with E-state index in [0.717, 1.165) is 5.56 Å². The molecule has 0 aromatic heterocycles. The number of nitrogens with one attached hydrogen (secondary N) is 2. The second-order valence-corrected chi connectivity index (χ2v) is 6.45. The van der Waals surface area contributed by atoms with Gasteiger partial charge < -0.3 is 15.4 Å². The van der Waals surface area contributed by atoms with Crippen molar-refractivity contribution in [1.82, 2.24) is 5.32 Å². The van der Waals surface area contributed by atoms with Crippen LogP contribution in [0.2, 0.25) is 0 Å². The van der Waals surface area contributed by atoms with Gasteiger partial charge in [-0.1, -0.05) is 30.3 Å². The van der Waals surface area contributed by atoms with Crippen molar-refractivity contribution in [2.75, 3.05) is 5.32 Å². The summed E-state index contributed by atoms with van der Waals surface area (Å²) in [6.45, 7) is 1.98. The normalized spacial score (nSPS) is 11.4. The summed E-state index contributed by atoms with van der Waals surface area (Å²) in [4.78, 5) is 24.5. The van der Waals surface area contributed by atoms with Crippen LogP contribution < -0.4 is 15.4 Å². The minimum atomic E-state index is -0.640. The SMILES string of the molecule is CC(Oc1ccccc1)C(=O)NCc1cccc(NC(=O)c2ccc(F)cc2)c1. The molecule has 6 heteroatoms. The summed E-state index contributed by atoms with van der Waals surface area (Å²) in [7, 11) is 0. The number of carbonyl (C=O) groups excluding carboxylic acids is 2.